The summed E-state index contributed by atoms with van der Waals surface area (Å²) in [5, 5.41) is 19.7. The van der Waals surface area contributed by atoms with Gasteiger partial charge < -0.3 is 14.9 Å². The summed E-state index contributed by atoms with van der Waals surface area (Å²) in [4.78, 5) is 2.24. The van der Waals surface area contributed by atoms with E-state index in [4.69, 9.17) is 4.74 Å². The molecule has 1 unspecified atom stereocenters. The summed E-state index contributed by atoms with van der Waals surface area (Å²) >= 11 is 0. The predicted octanol–water partition coefficient (Wildman–Crippen LogP) is 2.88. The molecule has 0 amide bonds. The molecule has 0 aromatic heterocycles. The number of aryl methyl sites for hydroxylation is 1. The Hall–Kier alpha value is -2.04. The van der Waals surface area contributed by atoms with E-state index < -0.39 is 0 Å². The van der Waals surface area contributed by atoms with Gasteiger partial charge in [0.05, 0.1) is 13.7 Å². The van der Waals surface area contributed by atoms with Crippen LogP contribution >= 0.6 is 0 Å². The highest BCUT2D eigenvalue weighted by Crippen LogP contribution is 2.37. The zero-order valence-electron chi connectivity index (χ0n) is 13.4. The Morgan fingerprint density at radius 1 is 1.22 bits per heavy atom. The number of phenolic OH excluding ortho intramolecular Hbond substituents is 1. The molecule has 2 aromatic carbocycles. The topological polar surface area (TPSA) is 52.9 Å². The molecule has 0 heterocycles. The molecule has 1 aliphatic rings. The first-order valence-electron chi connectivity index (χ1n) is 8.01. The number of benzene rings is 2. The molecule has 2 aromatic rings. The molecule has 3 rings (SSSR count). The zero-order chi connectivity index (χ0) is 16.2. The highest BCUT2D eigenvalue weighted by atomic mass is 16.5. The molecule has 0 radical (unpaired) electrons. The number of fused-ring (bicyclic) bond motifs is 1. The summed E-state index contributed by atoms with van der Waals surface area (Å²) in [5.41, 5.74) is 3.58. The number of methoxy groups -OCH3 is 1. The number of hydrogen-bond donors (Lipinski definition) is 2. The maximum atomic E-state index is 10.2. The molecule has 0 fully saturated rings. The van der Waals surface area contributed by atoms with E-state index in [-0.39, 0.29) is 12.4 Å². The standard InChI is InChI=1S/C19H23NO3/c1-23-16-8-6-15(19(22)12-16)13-20(10-11-21)18-9-7-14-4-2-3-5-17(14)18/h2-6,8,12,18,21-22H,7,9-11,13H2,1H3. The molecule has 4 heteroatoms. The van der Waals surface area contributed by atoms with Gasteiger partial charge in [-0.05, 0) is 30.0 Å². The Labute approximate surface area is 136 Å². The molecule has 122 valence electrons. The lowest BCUT2D eigenvalue weighted by Gasteiger charge is -2.29. The Morgan fingerprint density at radius 3 is 2.78 bits per heavy atom. The highest BCUT2D eigenvalue weighted by Gasteiger charge is 2.27. The molecule has 0 spiro atoms. The van der Waals surface area contributed by atoms with Crippen LogP contribution in [0.1, 0.15) is 29.2 Å². The van der Waals surface area contributed by atoms with Crippen LogP contribution in [0.15, 0.2) is 42.5 Å². The van der Waals surface area contributed by atoms with Crippen molar-refractivity contribution in [3.63, 3.8) is 0 Å². The SMILES string of the molecule is COc1ccc(CN(CCO)C2CCc3ccccc32)c(O)c1. The number of aromatic hydroxyl groups is 1. The summed E-state index contributed by atoms with van der Waals surface area (Å²) in [7, 11) is 1.59. The van der Waals surface area contributed by atoms with Crippen molar-refractivity contribution in [1.82, 2.24) is 4.90 Å². The van der Waals surface area contributed by atoms with Gasteiger partial charge in [0.2, 0.25) is 0 Å². The third-order valence-electron chi connectivity index (χ3n) is 4.60. The lowest BCUT2D eigenvalue weighted by Crippen LogP contribution is -2.30. The van der Waals surface area contributed by atoms with E-state index in [1.807, 2.05) is 12.1 Å². The van der Waals surface area contributed by atoms with E-state index in [2.05, 4.69) is 29.2 Å². The second kappa shape index (κ2) is 7.02. The molecule has 0 aliphatic heterocycles. The van der Waals surface area contributed by atoms with Crippen LogP contribution in [0.25, 0.3) is 0 Å². The number of hydrogen-bond acceptors (Lipinski definition) is 4. The second-order valence-corrected chi connectivity index (χ2v) is 5.94. The van der Waals surface area contributed by atoms with Crippen molar-refractivity contribution < 1.29 is 14.9 Å². The first kappa shape index (κ1) is 15.8. The third kappa shape index (κ3) is 3.33. The minimum Gasteiger partial charge on any atom is -0.507 e. The average molecular weight is 313 g/mol. The van der Waals surface area contributed by atoms with Crippen LogP contribution in [0.4, 0.5) is 0 Å². The van der Waals surface area contributed by atoms with Crippen molar-refractivity contribution in [2.75, 3.05) is 20.3 Å². The maximum absolute atomic E-state index is 10.2. The number of nitrogens with zero attached hydrogens (tertiary/aromatic N) is 1. The van der Waals surface area contributed by atoms with Gasteiger partial charge >= 0.3 is 0 Å². The van der Waals surface area contributed by atoms with E-state index in [0.717, 1.165) is 18.4 Å². The van der Waals surface area contributed by atoms with Gasteiger partial charge in [-0.25, -0.2) is 0 Å². The molecule has 2 N–H and O–H groups in total. The summed E-state index contributed by atoms with van der Waals surface area (Å²) in [5.74, 6) is 0.879. The van der Waals surface area contributed by atoms with Crippen molar-refractivity contribution in [3.05, 3.63) is 59.2 Å². The Kier molecular flexibility index (Phi) is 4.84. The van der Waals surface area contributed by atoms with E-state index in [1.54, 1.807) is 13.2 Å². The number of ether oxygens (including phenoxy) is 1. The summed E-state index contributed by atoms with van der Waals surface area (Å²) < 4.78 is 5.14. The van der Waals surface area contributed by atoms with Crippen molar-refractivity contribution in [2.45, 2.75) is 25.4 Å². The number of aliphatic hydroxyl groups is 1. The van der Waals surface area contributed by atoms with Crippen LogP contribution in [0.2, 0.25) is 0 Å². The van der Waals surface area contributed by atoms with Crippen LogP contribution in [-0.4, -0.2) is 35.4 Å². The van der Waals surface area contributed by atoms with Crippen LogP contribution in [0, 0.1) is 0 Å². The van der Waals surface area contributed by atoms with Gasteiger partial charge in [0, 0.05) is 30.8 Å². The largest absolute Gasteiger partial charge is 0.507 e. The van der Waals surface area contributed by atoms with Crippen LogP contribution in [0.3, 0.4) is 0 Å². The monoisotopic (exact) mass is 313 g/mol. The molecule has 0 bridgehead atoms. The Bertz CT molecular complexity index is 671. The number of aliphatic hydroxyl groups excluding tert-OH is 1. The minimum absolute atomic E-state index is 0.107. The molecule has 1 atom stereocenters. The van der Waals surface area contributed by atoms with Gasteiger partial charge in [0.25, 0.3) is 0 Å². The molecule has 1 aliphatic carbocycles. The quantitative estimate of drug-likeness (QED) is 0.861. The van der Waals surface area contributed by atoms with Gasteiger partial charge in [0.15, 0.2) is 0 Å². The van der Waals surface area contributed by atoms with E-state index in [9.17, 15) is 10.2 Å². The third-order valence-corrected chi connectivity index (χ3v) is 4.60. The molecule has 0 saturated heterocycles. The van der Waals surface area contributed by atoms with Gasteiger partial charge in [0.1, 0.15) is 11.5 Å². The molecule has 23 heavy (non-hydrogen) atoms. The number of phenols is 1. The highest BCUT2D eigenvalue weighted by molar-refractivity contribution is 5.40. The summed E-state index contributed by atoms with van der Waals surface area (Å²) in [6.45, 7) is 1.30. The van der Waals surface area contributed by atoms with E-state index >= 15 is 0 Å². The van der Waals surface area contributed by atoms with Gasteiger partial charge in [-0.1, -0.05) is 30.3 Å². The van der Waals surface area contributed by atoms with Crippen molar-refractivity contribution >= 4 is 0 Å². The van der Waals surface area contributed by atoms with Gasteiger partial charge in [-0.15, -0.1) is 0 Å². The van der Waals surface area contributed by atoms with E-state index in [0.29, 0.717) is 24.9 Å². The normalized spacial score (nSPS) is 16.6. The van der Waals surface area contributed by atoms with Crippen molar-refractivity contribution in [1.29, 1.82) is 0 Å². The fourth-order valence-electron chi connectivity index (χ4n) is 3.41. The predicted molar refractivity (Wildman–Crippen MR) is 89.7 cm³/mol. The molecular formula is C19H23NO3. The second-order valence-electron chi connectivity index (χ2n) is 5.94. The van der Waals surface area contributed by atoms with Crippen molar-refractivity contribution in [3.8, 4) is 11.5 Å². The lowest BCUT2D eigenvalue weighted by atomic mass is 10.1. The molecule has 4 nitrogen and oxygen atoms in total. The fraction of sp³-hybridized carbons (Fsp3) is 0.368. The molecular weight excluding hydrogens is 290 g/mol. The first-order valence-corrected chi connectivity index (χ1v) is 8.01. The lowest BCUT2D eigenvalue weighted by molar-refractivity contribution is 0.141. The summed E-state index contributed by atoms with van der Waals surface area (Å²) in [6.07, 6.45) is 2.12. The maximum Gasteiger partial charge on any atom is 0.123 e. The number of rotatable bonds is 6. The van der Waals surface area contributed by atoms with Crippen LogP contribution in [0.5, 0.6) is 11.5 Å². The Balaban J connectivity index is 1.83. The summed E-state index contributed by atoms with van der Waals surface area (Å²) in [6, 6.07) is 14.2. The first-order chi connectivity index (χ1) is 11.2. The molecule has 0 saturated carbocycles. The van der Waals surface area contributed by atoms with Crippen molar-refractivity contribution in [2.24, 2.45) is 0 Å². The fourth-order valence-corrected chi connectivity index (χ4v) is 3.41. The smallest absolute Gasteiger partial charge is 0.123 e. The van der Waals surface area contributed by atoms with Gasteiger partial charge in [-0.2, -0.15) is 0 Å². The van der Waals surface area contributed by atoms with E-state index in [1.165, 1.54) is 11.1 Å². The van der Waals surface area contributed by atoms with Gasteiger partial charge in [-0.3, -0.25) is 4.90 Å². The average Bonchev–Trinajstić information content (AvgIpc) is 3.00. The zero-order valence-corrected chi connectivity index (χ0v) is 13.4. The van der Waals surface area contributed by atoms with Crippen LogP contribution in [-0.2, 0) is 13.0 Å². The van der Waals surface area contributed by atoms with Crippen LogP contribution < -0.4 is 4.74 Å². The minimum atomic E-state index is 0.107. The Morgan fingerprint density at radius 2 is 2.04 bits per heavy atom.